The van der Waals surface area contributed by atoms with Crippen LogP contribution in [0.15, 0.2) is 42.1 Å². The summed E-state index contributed by atoms with van der Waals surface area (Å²) in [6, 6.07) is 8.21. The van der Waals surface area contributed by atoms with Crippen molar-refractivity contribution in [1.29, 1.82) is 0 Å². The first-order valence-corrected chi connectivity index (χ1v) is 11.6. The molecular weight excluding hydrogens is 396 g/mol. The van der Waals surface area contributed by atoms with Gasteiger partial charge in [0.2, 0.25) is 5.91 Å². The van der Waals surface area contributed by atoms with Gasteiger partial charge in [0, 0.05) is 12.6 Å². The third-order valence-electron chi connectivity index (χ3n) is 5.32. The fourth-order valence-corrected chi connectivity index (χ4v) is 4.52. The number of carbonyl (C=O) groups excluding carboxylic acids is 1. The zero-order valence-electron chi connectivity index (χ0n) is 18.0. The summed E-state index contributed by atoms with van der Waals surface area (Å²) in [6.07, 6.45) is 8.91. The molecule has 1 aromatic carbocycles. The van der Waals surface area contributed by atoms with E-state index in [4.69, 9.17) is 4.74 Å². The molecule has 1 heterocycles. The number of nitrogens with zero attached hydrogens (tertiary/aromatic N) is 3. The minimum absolute atomic E-state index is 0.0672. The van der Waals surface area contributed by atoms with Gasteiger partial charge in [0.25, 0.3) is 0 Å². The molecule has 0 spiro atoms. The maximum atomic E-state index is 12.7. The monoisotopic (exact) mass is 428 g/mol. The van der Waals surface area contributed by atoms with Crippen molar-refractivity contribution in [1.82, 2.24) is 20.1 Å². The number of thioether (sulfide) groups is 1. The number of aromatic nitrogens is 3. The van der Waals surface area contributed by atoms with Gasteiger partial charge >= 0.3 is 0 Å². The number of hydrogen-bond acceptors (Lipinski definition) is 5. The summed E-state index contributed by atoms with van der Waals surface area (Å²) in [5, 5.41) is 12.3. The Bertz CT molecular complexity index is 843. The van der Waals surface area contributed by atoms with Gasteiger partial charge in [-0.3, -0.25) is 9.36 Å². The van der Waals surface area contributed by atoms with Crippen LogP contribution in [0.3, 0.4) is 0 Å². The summed E-state index contributed by atoms with van der Waals surface area (Å²) in [6.45, 7) is 8.68. The number of rotatable bonds is 9. The standard InChI is InChI=1S/C23H32N4O2S/c1-4-14-27-21(16-29-20-13-9-10-17(2)15-20)25-26-23(27)30-18(3)22(28)24-19-11-7-5-6-8-12-19/h4,9-10,13,15,18-19H,1,5-8,11-12,14,16H2,2-3H3,(H,24,28)/t18-/m1/s1. The van der Waals surface area contributed by atoms with Crippen molar-refractivity contribution in [2.45, 2.75) is 82.0 Å². The first kappa shape index (κ1) is 22.4. The van der Waals surface area contributed by atoms with Crippen LogP contribution in [0.25, 0.3) is 0 Å². The van der Waals surface area contributed by atoms with Gasteiger partial charge < -0.3 is 10.1 Å². The highest BCUT2D eigenvalue weighted by Gasteiger charge is 2.22. The van der Waals surface area contributed by atoms with Crippen molar-refractivity contribution in [2.75, 3.05) is 0 Å². The number of nitrogens with one attached hydrogen (secondary N) is 1. The first-order chi connectivity index (χ1) is 14.6. The number of carbonyl (C=O) groups is 1. The SMILES string of the molecule is C=CCn1c(COc2cccc(C)c2)nnc1S[C@H](C)C(=O)NC1CCCCCC1. The average molecular weight is 429 g/mol. The quantitative estimate of drug-likeness (QED) is 0.357. The van der Waals surface area contributed by atoms with Crippen molar-refractivity contribution >= 4 is 17.7 Å². The Kier molecular flexibility index (Phi) is 8.37. The van der Waals surface area contributed by atoms with Crippen molar-refractivity contribution in [2.24, 2.45) is 0 Å². The van der Waals surface area contributed by atoms with E-state index in [0.29, 0.717) is 24.3 Å². The molecular formula is C23H32N4O2S. The minimum atomic E-state index is -0.244. The van der Waals surface area contributed by atoms with Crippen LogP contribution in [-0.4, -0.2) is 32.0 Å². The van der Waals surface area contributed by atoms with Crippen LogP contribution < -0.4 is 10.1 Å². The maximum Gasteiger partial charge on any atom is 0.233 e. The molecule has 0 aliphatic heterocycles. The van der Waals surface area contributed by atoms with Gasteiger partial charge in [0.15, 0.2) is 11.0 Å². The highest BCUT2D eigenvalue weighted by atomic mass is 32.2. The normalized spacial score (nSPS) is 15.9. The van der Waals surface area contributed by atoms with Gasteiger partial charge in [0.1, 0.15) is 12.4 Å². The smallest absolute Gasteiger partial charge is 0.233 e. The Balaban J connectivity index is 1.61. The molecule has 0 unspecified atom stereocenters. The van der Waals surface area contributed by atoms with Crippen molar-refractivity contribution in [3.63, 3.8) is 0 Å². The fourth-order valence-electron chi connectivity index (χ4n) is 3.63. The number of ether oxygens (including phenoxy) is 1. The van der Waals surface area contributed by atoms with Crippen molar-refractivity contribution in [3.8, 4) is 5.75 Å². The third kappa shape index (κ3) is 6.36. The minimum Gasteiger partial charge on any atom is -0.486 e. The molecule has 30 heavy (non-hydrogen) atoms. The molecule has 0 bridgehead atoms. The summed E-state index contributed by atoms with van der Waals surface area (Å²) >= 11 is 1.43. The van der Waals surface area contributed by atoms with E-state index in [1.807, 2.05) is 42.7 Å². The van der Waals surface area contributed by atoms with E-state index >= 15 is 0 Å². The lowest BCUT2D eigenvalue weighted by molar-refractivity contribution is -0.121. The average Bonchev–Trinajstić information content (AvgIpc) is 2.92. The lowest BCUT2D eigenvalue weighted by Crippen LogP contribution is -2.39. The second-order valence-corrected chi connectivity index (χ2v) is 9.17. The van der Waals surface area contributed by atoms with Crippen LogP contribution in [0, 0.1) is 6.92 Å². The van der Waals surface area contributed by atoms with Gasteiger partial charge in [-0.1, -0.05) is 55.7 Å². The van der Waals surface area contributed by atoms with Crippen molar-refractivity contribution < 1.29 is 9.53 Å². The summed E-state index contributed by atoms with van der Waals surface area (Å²) < 4.78 is 7.85. The van der Waals surface area contributed by atoms with Gasteiger partial charge in [-0.25, -0.2) is 0 Å². The second kappa shape index (κ2) is 11.2. The number of allylic oxidation sites excluding steroid dienone is 1. The summed E-state index contributed by atoms with van der Waals surface area (Å²) in [5.41, 5.74) is 1.14. The number of amides is 1. The predicted molar refractivity (Wildman–Crippen MR) is 121 cm³/mol. The van der Waals surface area contributed by atoms with Gasteiger partial charge in [-0.05, 0) is 44.4 Å². The predicted octanol–water partition coefficient (Wildman–Crippen LogP) is 4.67. The van der Waals surface area contributed by atoms with E-state index in [-0.39, 0.29) is 11.2 Å². The highest BCUT2D eigenvalue weighted by molar-refractivity contribution is 8.00. The summed E-state index contributed by atoms with van der Waals surface area (Å²) in [5.74, 6) is 1.58. The molecule has 7 heteroatoms. The van der Waals surface area contributed by atoms with Crippen LogP contribution in [0.5, 0.6) is 5.75 Å². The summed E-state index contributed by atoms with van der Waals surface area (Å²) in [7, 11) is 0. The Morgan fingerprint density at radius 1 is 1.33 bits per heavy atom. The van der Waals surface area contributed by atoms with E-state index in [9.17, 15) is 4.79 Å². The Morgan fingerprint density at radius 2 is 2.10 bits per heavy atom. The molecule has 1 N–H and O–H groups in total. The molecule has 2 aromatic rings. The molecule has 1 aliphatic carbocycles. The van der Waals surface area contributed by atoms with E-state index in [2.05, 4.69) is 22.1 Å². The van der Waals surface area contributed by atoms with Crippen LogP contribution in [0.1, 0.15) is 56.8 Å². The van der Waals surface area contributed by atoms with Crippen LogP contribution in [-0.2, 0) is 17.9 Å². The molecule has 0 radical (unpaired) electrons. The van der Waals surface area contributed by atoms with Gasteiger partial charge in [-0.2, -0.15) is 0 Å². The topological polar surface area (TPSA) is 69.0 Å². The number of benzene rings is 1. The largest absolute Gasteiger partial charge is 0.486 e. The Hall–Kier alpha value is -2.28. The molecule has 0 saturated heterocycles. The molecule has 1 aliphatic rings. The molecule has 3 rings (SSSR count). The lowest BCUT2D eigenvalue weighted by atomic mass is 10.1. The van der Waals surface area contributed by atoms with Crippen LogP contribution in [0.2, 0.25) is 0 Å². The summed E-state index contributed by atoms with van der Waals surface area (Å²) in [4.78, 5) is 12.7. The van der Waals surface area contributed by atoms with E-state index < -0.39 is 0 Å². The molecule has 6 nitrogen and oxygen atoms in total. The number of aryl methyl sites for hydroxylation is 1. The third-order valence-corrected chi connectivity index (χ3v) is 6.40. The highest BCUT2D eigenvalue weighted by Crippen LogP contribution is 2.24. The van der Waals surface area contributed by atoms with Gasteiger partial charge in [-0.15, -0.1) is 16.8 Å². The van der Waals surface area contributed by atoms with Gasteiger partial charge in [0.05, 0.1) is 5.25 Å². The maximum absolute atomic E-state index is 12.7. The second-order valence-electron chi connectivity index (χ2n) is 7.86. The Labute approximate surface area is 183 Å². The first-order valence-electron chi connectivity index (χ1n) is 10.8. The molecule has 1 atom stereocenters. The molecule has 1 amide bonds. The fraction of sp³-hybridized carbons (Fsp3) is 0.522. The lowest BCUT2D eigenvalue weighted by Gasteiger charge is -2.19. The molecule has 1 fully saturated rings. The molecule has 1 saturated carbocycles. The van der Waals surface area contributed by atoms with Crippen molar-refractivity contribution in [3.05, 3.63) is 48.3 Å². The Morgan fingerprint density at radius 3 is 2.80 bits per heavy atom. The van der Waals surface area contributed by atoms with Crippen LogP contribution >= 0.6 is 11.8 Å². The van der Waals surface area contributed by atoms with Crippen LogP contribution in [0.4, 0.5) is 0 Å². The van der Waals surface area contributed by atoms with E-state index in [1.54, 1.807) is 6.08 Å². The molecule has 162 valence electrons. The van der Waals surface area contributed by atoms with E-state index in [0.717, 1.165) is 30.0 Å². The zero-order valence-corrected chi connectivity index (χ0v) is 18.8. The molecule has 1 aromatic heterocycles. The number of hydrogen-bond donors (Lipinski definition) is 1. The van der Waals surface area contributed by atoms with E-state index in [1.165, 1.54) is 37.4 Å². The zero-order chi connectivity index (χ0) is 21.3.